The zero-order valence-corrected chi connectivity index (χ0v) is 16.3. The van der Waals surface area contributed by atoms with Crippen LogP contribution in [0, 0.1) is 6.92 Å². The molecule has 0 aliphatic rings. The van der Waals surface area contributed by atoms with Crippen LogP contribution in [0.3, 0.4) is 0 Å². The van der Waals surface area contributed by atoms with Gasteiger partial charge in [0.05, 0.1) is 5.52 Å². The van der Waals surface area contributed by atoms with Crippen molar-refractivity contribution in [3.8, 4) is 11.4 Å². The van der Waals surface area contributed by atoms with Crippen molar-refractivity contribution in [2.75, 3.05) is 5.32 Å². The quantitative estimate of drug-likeness (QED) is 0.394. The van der Waals surface area contributed by atoms with Crippen molar-refractivity contribution in [2.24, 2.45) is 0 Å². The van der Waals surface area contributed by atoms with E-state index in [4.69, 9.17) is 21.6 Å². The molecule has 128 valence electrons. The highest BCUT2D eigenvalue weighted by molar-refractivity contribution is 9.10. The molecule has 0 amide bonds. The van der Waals surface area contributed by atoms with E-state index in [2.05, 4.69) is 21.2 Å². The second-order valence-electron chi connectivity index (χ2n) is 6.00. The largest absolute Gasteiger partial charge is 0.339 e. The predicted octanol–water partition coefficient (Wildman–Crippen LogP) is 6.76. The van der Waals surface area contributed by atoms with Crippen LogP contribution in [0.1, 0.15) is 5.56 Å². The Morgan fingerprint density at radius 3 is 2.50 bits per heavy atom. The van der Waals surface area contributed by atoms with Gasteiger partial charge in [-0.15, -0.1) is 0 Å². The number of anilines is 2. The standard InChI is InChI=1S/C21H15BrClN3/c1-13-6-11-16(23)12-19(13)25-21-17-4-2-3-5-18(17)24-20(26-21)14-7-9-15(22)10-8-14/h2-12H,1H3,(H,24,25,26). The molecule has 0 saturated heterocycles. The van der Waals surface area contributed by atoms with Crippen LogP contribution in [-0.2, 0) is 0 Å². The number of nitrogens with one attached hydrogen (secondary N) is 1. The molecule has 0 spiro atoms. The van der Waals surface area contributed by atoms with Crippen LogP contribution in [0.4, 0.5) is 11.5 Å². The van der Waals surface area contributed by atoms with Crippen molar-refractivity contribution >= 4 is 49.9 Å². The average Bonchev–Trinajstić information content (AvgIpc) is 2.65. The zero-order chi connectivity index (χ0) is 18.1. The minimum Gasteiger partial charge on any atom is -0.339 e. The number of benzene rings is 3. The van der Waals surface area contributed by atoms with E-state index in [-0.39, 0.29) is 0 Å². The molecule has 3 nitrogen and oxygen atoms in total. The summed E-state index contributed by atoms with van der Waals surface area (Å²) >= 11 is 9.63. The van der Waals surface area contributed by atoms with E-state index in [0.717, 1.165) is 38.0 Å². The Kier molecular flexibility index (Phi) is 4.62. The second kappa shape index (κ2) is 7.06. The summed E-state index contributed by atoms with van der Waals surface area (Å²) in [4.78, 5) is 9.51. The fraction of sp³-hybridized carbons (Fsp3) is 0.0476. The lowest BCUT2D eigenvalue weighted by Crippen LogP contribution is -2.00. The summed E-state index contributed by atoms with van der Waals surface area (Å²) in [6, 6.07) is 21.7. The number of halogens is 2. The Morgan fingerprint density at radius 1 is 0.923 bits per heavy atom. The number of hydrogen-bond donors (Lipinski definition) is 1. The Bertz CT molecular complexity index is 1090. The maximum atomic E-state index is 6.17. The second-order valence-corrected chi connectivity index (χ2v) is 7.36. The first kappa shape index (κ1) is 17.0. The van der Waals surface area contributed by atoms with Gasteiger partial charge in [0, 0.05) is 26.1 Å². The summed E-state index contributed by atoms with van der Waals surface area (Å²) < 4.78 is 1.02. The predicted molar refractivity (Wildman–Crippen MR) is 112 cm³/mol. The van der Waals surface area contributed by atoms with E-state index < -0.39 is 0 Å². The molecule has 0 saturated carbocycles. The number of hydrogen-bond acceptors (Lipinski definition) is 3. The number of aryl methyl sites for hydroxylation is 1. The van der Waals surface area contributed by atoms with E-state index in [1.54, 1.807) is 0 Å². The van der Waals surface area contributed by atoms with Crippen molar-refractivity contribution in [1.82, 2.24) is 9.97 Å². The number of aromatic nitrogens is 2. The highest BCUT2D eigenvalue weighted by Gasteiger charge is 2.11. The Morgan fingerprint density at radius 2 is 1.69 bits per heavy atom. The van der Waals surface area contributed by atoms with Gasteiger partial charge in [0.1, 0.15) is 5.82 Å². The average molecular weight is 425 g/mol. The van der Waals surface area contributed by atoms with Gasteiger partial charge in [-0.1, -0.05) is 57.9 Å². The van der Waals surface area contributed by atoms with E-state index in [1.165, 1.54) is 0 Å². The van der Waals surface area contributed by atoms with Crippen LogP contribution >= 0.6 is 27.5 Å². The van der Waals surface area contributed by atoms with E-state index in [9.17, 15) is 0 Å². The minimum absolute atomic E-state index is 0.679. The maximum Gasteiger partial charge on any atom is 0.162 e. The lowest BCUT2D eigenvalue weighted by atomic mass is 10.1. The van der Waals surface area contributed by atoms with Gasteiger partial charge < -0.3 is 5.32 Å². The fourth-order valence-electron chi connectivity index (χ4n) is 2.76. The Labute approximate surface area is 165 Å². The molecule has 3 aromatic carbocycles. The van der Waals surface area contributed by atoms with Crippen molar-refractivity contribution in [2.45, 2.75) is 6.92 Å². The normalized spacial score (nSPS) is 10.9. The molecule has 1 heterocycles. The number of rotatable bonds is 3. The molecule has 5 heteroatoms. The van der Waals surface area contributed by atoms with E-state index >= 15 is 0 Å². The molecule has 0 aliphatic carbocycles. The van der Waals surface area contributed by atoms with Gasteiger partial charge in [-0.25, -0.2) is 9.97 Å². The molecular weight excluding hydrogens is 410 g/mol. The van der Waals surface area contributed by atoms with Crippen LogP contribution in [0.2, 0.25) is 5.02 Å². The summed E-state index contributed by atoms with van der Waals surface area (Å²) in [6.45, 7) is 2.04. The molecular formula is C21H15BrClN3. The van der Waals surface area contributed by atoms with Gasteiger partial charge in [0.25, 0.3) is 0 Å². The molecule has 0 fully saturated rings. The minimum atomic E-state index is 0.679. The third-order valence-electron chi connectivity index (χ3n) is 4.16. The molecule has 1 aromatic heterocycles. The molecule has 4 rings (SSSR count). The van der Waals surface area contributed by atoms with Crippen LogP contribution in [0.25, 0.3) is 22.3 Å². The van der Waals surface area contributed by atoms with Gasteiger partial charge in [-0.05, 0) is 48.9 Å². The third kappa shape index (κ3) is 3.43. The number of nitrogens with zero attached hydrogens (tertiary/aromatic N) is 2. The lowest BCUT2D eigenvalue weighted by Gasteiger charge is -2.13. The first-order valence-electron chi connectivity index (χ1n) is 8.16. The van der Waals surface area contributed by atoms with Crippen LogP contribution in [0.15, 0.2) is 71.2 Å². The van der Waals surface area contributed by atoms with Crippen molar-refractivity contribution in [3.63, 3.8) is 0 Å². The Balaban J connectivity index is 1.87. The van der Waals surface area contributed by atoms with E-state index in [0.29, 0.717) is 10.8 Å². The fourth-order valence-corrected chi connectivity index (χ4v) is 3.19. The highest BCUT2D eigenvalue weighted by atomic mass is 79.9. The highest BCUT2D eigenvalue weighted by Crippen LogP contribution is 2.30. The summed E-state index contributed by atoms with van der Waals surface area (Å²) in [5.41, 5.74) is 3.89. The lowest BCUT2D eigenvalue weighted by molar-refractivity contribution is 1.22. The summed E-state index contributed by atoms with van der Waals surface area (Å²) in [7, 11) is 0. The van der Waals surface area contributed by atoms with Gasteiger partial charge in [-0.3, -0.25) is 0 Å². The smallest absolute Gasteiger partial charge is 0.162 e. The van der Waals surface area contributed by atoms with Crippen molar-refractivity contribution < 1.29 is 0 Å². The molecule has 0 radical (unpaired) electrons. The monoisotopic (exact) mass is 423 g/mol. The molecule has 4 aromatic rings. The molecule has 0 bridgehead atoms. The van der Waals surface area contributed by atoms with Crippen molar-refractivity contribution in [3.05, 3.63) is 81.8 Å². The third-order valence-corrected chi connectivity index (χ3v) is 4.92. The number of fused-ring (bicyclic) bond motifs is 1. The van der Waals surface area contributed by atoms with Crippen LogP contribution in [0.5, 0.6) is 0 Å². The number of para-hydroxylation sites is 1. The van der Waals surface area contributed by atoms with Gasteiger partial charge in [-0.2, -0.15) is 0 Å². The zero-order valence-electron chi connectivity index (χ0n) is 14.0. The van der Waals surface area contributed by atoms with E-state index in [1.807, 2.05) is 73.7 Å². The topological polar surface area (TPSA) is 37.8 Å². The maximum absolute atomic E-state index is 6.17. The van der Waals surface area contributed by atoms with Crippen LogP contribution < -0.4 is 5.32 Å². The summed E-state index contributed by atoms with van der Waals surface area (Å²) in [5, 5.41) is 5.08. The molecule has 26 heavy (non-hydrogen) atoms. The first-order valence-corrected chi connectivity index (χ1v) is 9.33. The molecule has 1 N–H and O–H groups in total. The molecule has 0 aliphatic heterocycles. The first-order chi connectivity index (χ1) is 12.6. The SMILES string of the molecule is Cc1ccc(Cl)cc1Nc1nc(-c2ccc(Br)cc2)nc2ccccc12. The van der Waals surface area contributed by atoms with Crippen molar-refractivity contribution in [1.29, 1.82) is 0 Å². The molecule has 0 atom stereocenters. The summed E-state index contributed by atoms with van der Waals surface area (Å²) in [5.74, 6) is 1.44. The van der Waals surface area contributed by atoms with Gasteiger partial charge in [0.2, 0.25) is 0 Å². The molecule has 0 unspecified atom stereocenters. The van der Waals surface area contributed by atoms with Crippen LogP contribution in [-0.4, -0.2) is 9.97 Å². The van der Waals surface area contributed by atoms with Gasteiger partial charge in [0.15, 0.2) is 5.82 Å². The Hall–Kier alpha value is -2.43. The van der Waals surface area contributed by atoms with Gasteiger partial charge >= 0.3 is 0 Å². The summed E-state index contributed by atoms with van der Waals surface area (Å²) in [6.07, 6.45) is 0.